The third-order valence-corrected chi connectivity index (χ3v) is 5.42. The predicted molar refractivity (Wildman–Crippen MR) is 106 cm³/mol. The summed E-state index contributed by atoms with van der Waals surface area (Å²) >= 11 is 4.92. The number of imidazole rings is 2. The van der Waals surface area contributed by atoms with Crippen molar-refractivity contribution in [2.24, 2.45) is 0 Å². The zero-order valence-electron chi connectivity index (χ0n) is 13.8. The summed E-state index contributed by atoms with van der Waals surface area (Å²) in [6.45, 7) is 0.570. The molecular weight excluding hydrogens is 431 g/mol. The lowest BCUT2D eigenvalue weighted by molar-refractivity contribution is 0.628. The molecule has 0 aliphatic rings. The van der Waals surface area contributed by atoms with E-state index in [1.54, 1.807) is 16.6 Å². The Morgan fingerprint density at radius 2 is 1.89 bits per heavy atom. The third kappa shape index (κ3) is 3.19. The van der Waals surface area contributed by atoms with Crippen molar-refractivity contribution in [2.45, 2.75) is 6.54 Å². The van der Waals surface area contributed by atoms with Gasteiger partial charge in [0.2, 0.25) is 10.1 Å². The van der Waals surface area contributed by atoms with Crippen molar-refractivity contribution in [2.75, 3.05) is 5.32 Å². The summed E-state index contributed by atoms with van der Waals surface area (Å²) < 4.78 is 17.8. The van der Waals surface area contributed by atoms with Crippen LogP contribution in [0.2, 0.25) is 0 Å². The van der Waals surface area contributed by atoms with E-state index in [1.807, 2.05) is 35.1 Å². The van der Waals surface area contributed by atoms with Crippen molar-refractivity contribution in [1.82, 2.24) is 24.0 Å². The summed E-state index contributed by atoms with van der Waals surface area (Å²) in [6, 6.07) is 10.2. The molecule has 0 fully saturated rings. The molecule has 0 saturated carbocycles. The molecule has 134 valence electrons. The Kier molecular flexibility index (Phi) is 3.91. The van der Waals surface area contributed by atoms with E-state index >= 15 is 0 Å². The van der Waals surface area contributed by atoms with E-state index in [0.717, 1.165) is 37.2 Å². The van der Waals surface area contributed by atoms with E-state index in [0.29, 0.717) is 6.54 Å². The van der Waals surface area contributed by atoms with Gasteiger partial charge in [0, 0.05) is 22.4 Å². The number of anilines is 1. The predicted octanol–water partition coefficient (Wildman–Crippen LogP) is 4.62. The second-order valence-corrected chi connectivity index (χ2v) is 7.84. The minimum atomic E-state index is -0.260. The first kappa shape index (κ1) is 16.4. The standard InChI is InChI=1S/C18H12BrFN6S/c19-12-3-6-16-22-14(9-25(16)8-12)7-21-17-24-26-10-15(23-18(26)27-17)11-1-4-13(20)5-2-11/h1-6,8-10H,7H2,(H,21,24). The van der Waals surface area contributed by atoms with Crippen molar-refractivity contribution in [3.8, 4) is 11.3 Å². The van der Waals surface area contributed by atoms with E-state index in [2.05, 4.69) is 36.3 Å². The van der Waals surface area contributed by atoms with Gasteiger partial charge in [-0.25, -0.2) is 18.9 Å². The van der Waals surface area contributed by atoms with Gasteiger partial charge in [0.05, 0.1) is 24.1 Å². The summed E-state index contributed by atoms with van der Waals surface area (Å²) in [7, 11) is 0. The second-order valence-electron chi connectivity index (χ2n) is 5.97. The first-order valence-corrected chi connectivity index (χ1v) is 9.74. The molecule has 0 spiro atoms. The molecule has 0 amide bonds. The zero-order chi connectivity index (χ0) is 18.4. The molecule has 4 heterocycles. The smallest absolute Gasteiger partial charge is 0.214 e. The lowest BCUT2D eigenvalue weighted by atomic mass is 10.2. The lowest BCUT2D eigenvalue weighted by Crippen LogP contribution is -1.99. The average molecular weight is 443 g/mol. The van der Waals surface area contributed by atoms with Crippen LogP contribution in [0.15, 0.2) is 59.5 Å². The number of nitrogens with one attached hydrogen (secondary N) is 1. The lowest BCUT2D eigenvalue weighted by Gasteiger charge is -1.97. The topological polar surface area (TPSA) is 59.5 Å². The Bertz CT molecular complexity index is 1220. The maximum atomic E-state index is 13.1. The fourth-order valence-electron chi connectivity index (χ4n) is 2.80. The van der Waals surface area contributed by atoms with E-state index in [1.165, 1.54) is 23.5 Å². The van der Waals surface area contributed by atoms with Crippen molar-refractivity contribution in [3.05, 3.63) is 71.0 Å². The maximum Gasteiger partial charge on any atom is 0.214 e. The largest absolute Gasteiger partial charge is 0.354 e. The molecular formula is C18H12BrFN6S. The SMILES string of the molecule is Fc1ccc(-c2cn3nc(NCc4cn5cc(Br)ccc5n4)sc3n2)cc1. The van der Waals surface area contributed by atoms with E-state index in [4.69, 9.17) is 0 Å². The number of fused-ring (bicyclic) bond motifs is 2. The molecule has 4 aromatic heterocycles. The number of halogens is 2. The summed E-state index contributed by atoms with van der Waals surface area (Å²) in [4.78, 5) is 9.91. The number of benzene rings is 1. The fraction of sp³-hybridized carbons (Fsp3) is 0.0556. The molecule has 0 aliphatic heterocycles. The molecule has 0 saturated heterocycles. The highest BCUT2D eigenvalue weighted by Gasteiger charge is 2.10. The van der Waals surface area contributed by atoms with Crippen LogP contribution in [-0.4, -0.2) is 24.0 Å². The van der Waals surface area contributed by atoms with Gasteiger partial charge in [-0.05, 0) is 52.3 Å². The Hall–Kier alpha value is -2.78. The molecule has 1 aromatic carbocycles. The number of nitrogens with zero attached hydrogens (tertiary/aromatic N) is 5. The van der Waals surface area contributed by atoms with Gasteiger partial charge in [-0.3, -0.25) is 0 Å². The molecule has 0 atom stereocenters. The monoisotopic (exact) mass is 442 g/mol. The van der Waals surface area contributed by atoms with Crippen LogP contribution in [0.3, 0.4) is 0 Å². The van der Waals surface area contributed by atoms with Crippen LogP contribution in [0.25, 0.3) is 21.9 Å². The Morgan fingerprint density at radius 1 is 1.04 bits per heavy atom. The van der Waals surface area contributed by atoms with Gasteiger partial charge < -0.3 is 9.72 Å². The van der Waals surface area contributed by atoms with Crippen LogP contribution in [0, 0.1) is 5.82 Å². The van der Waals surface area contributed by atoms with Crippen molar-refractivity contribution < 1.29 is 4.39 Å². The number of hydrogen-bond donors (Lipinski definition) is 1. The van der Waals surface area contributed by atoms with Gasteiger partial charge in [-0.15, -0.1) is 5.10 Å². The molecule has 0 unspecified atom stereocenters. The molecule has 6 nitrogen and oxygen atoms in total. The number of hydrogen-bond acceptors (Lipinski definition) is 5. The van der Waals surface area contributed by atoms with E-state index < -0.39 is 0 Å². The highest BCUT2D eigenvalue weighted by Crippen LogP contribution is 2.25. The minimum Gasteiger partial charge on any atom is -0.354 e. The summed E-state index contributed by atoms with van der Waals surface area (Å²) in [5.41, 5.74) is 3.45. The normalized spacial score (nSPS) is 11.5. The first-order chi connectivity index (χ1) is 13.1. The quantitative estimate of drug-likeness (QED) is 0.441. The minimum absolute atomic E-state index is 0.260. The molecule has 27 heavy (non-hydrogen) atoms. The highest BCUT2D eigenvalue weighted by molar-refractivity contribution is 9.10. The van der Waals surface area contributed by atoms with Crippen LogP contribution in [0.4, 0.5) is 9.52 Å². The summed E-state index contributed by atoms with van der Waals surface area (Å²) in [5, 5.41) is 8.56. The number of rotatable bonds is 4. The summed E-state index contributed by atoms with van der Waals surface area (Å²) in [6.07, 6.45) is 5.80. The molecule has 5 rings (SSSR count). The highest BCUT2D eigenvalue weighted by atomic mass is 79.9. The Balaban J connectivity index is 1.34. The van der Waals surface area contributed by atoms with Crippen molar-refractivity contribution >= 4 is 43.0 Å². The van der Waals surface area contributed by atoms with Gasteiger partial charge in [0.15, 0.2) is 0 Å². The van der Waals surface area contributed by atoms with Gasteiger partial charge in [-0.1, -0.05) is 11.3 Å². The Morgan fingerprint density at radius 3 is 2.70 bits per heavy atom. The van der Waals surface area contributed by atoms with Gasteiger partial charge in [0.1, 0.15) is 11.5 Å². The van der Waals surface area contributed by atoms with Gasteiger partial charge in [-0.2, -0.15) is 0 Å². The second kappa shape index (κ2) is 6.43. The number of pyridine rings is 1. The molecule has 0 radical (unpaired) electrons. The zero-order valence-corrected chi connectivity index (χ0v) is 16.2. The molecule has 1 N–H and O–H groups in total. The fourth-order valence-corrected chi connectivity index (χ4v) is 3.93. The molecule has 9 heteroatoms. The Labute approximate surface area is 165 Å². The number of aromatic nitrogens is 5. The van der Waals surface area contributed by atoms with E-state index in [-0.39, 0.29) is 5.82 Å². The first-order valence-electron chi connectivity index (χ1n) is 8.13. The maximum absolute atomic E-state index is 13.1. The van der Waals surface area contributed by atoms with Crippen molar-refractivity contribution in [3.63, 3.8) is 0 Å². The van der Waals surface area contributed by atoms with Crippen molar-refractivity contribution in [1.29, 1.82) is 0 Å². The van der Waals surface area contributed by atoms with Crippen LogP contribution >= 0.6 is 27.3 Å². The van der Waals surface area contributed by atoms with Gasteiger partial charge >= 0.3 is 0 Å². The van der Waals surface area contributed by atoms with Gasteiger partial charge in [0.25, 0.3) is 0 Å². The molecule has 0 bridgehead atoms. The molecule has 5 aromatic rings. The third-order valence-electron chi connectivity index (χ3n) is 4.07. The van der Waals surface area contributed by atoms with Crippen LogP contribution in [0.5, 0.6) is 0 Å². The molecule has 0 aliphatic carbocycles. The van der Waals surface area contributed by atoms with E-state index in [9.17, 15) is 4.39 Å². The van der Waals surface area contributed by atoms with Crippen LogP contribution in [-0.2, 0) is 6.54 Å². The summed E-state index contributed by atoms with van der Waals surface area (Å²) in [5.74, 6) is -0.260. The van der Waals surface area contributed by atoms with Crippen LogP contribution in [0.1, 0.15) is 5.69 Å². The average Bonchev–Trinajstić information content (AvgIpc) is 3.32. The van der Waals surface area contributed by atoms with Crippen LogP contribution < -0.4 is 5.32 Å².